The van der Waals surface area contributed by atoms with E-state index in [2.05, 4.69) is 9.97 Å². The molecule has 0 N–H and O–H groups in total. The minimum absolute atomic E-state index is 0.0423. The SMILES string of the molecule is O=C(c1cc([N+](=O)[O-])cc([N+](=O)[O-])c1)N(Cc1cccnc1)c1nc2c(Cl)cccc2s1. The molecule has 0 aliphatic heterocycles. The summed E-state index contributed by atoms with van der Waals surface area (Å²) in [6.07, 6.45) is 3.15. The van der Waals surface area contributed by atoms with E-state index in [0.29, 0.717) is 16.1 Å². The molecular weight excluding hydrogens is 458 g/mol. The van der Waals surface area contributed by atoms with Crippen LogP contribution in [0.3, 0.4) is 0 Å². The van der Waals surface area contributed by atoms with Crippen molar-refractivity contribution in [2.45, 2.75) is 6.54 Å². The fourth-order valence-corrected chi connectivity index (χ4v) is 4.27. The number of amides is 1. The molecule has 32 heavy (non-hydrogen) atoms. The van der Waals surface area contributed by atoms with Crippen LogP contribution >= 0.6 is 22.9 Å². The highest BCUT2D eigenvalue weighted by atomic mass is 35.5. The summed E-state index contributed by atoms with van der Waals surface area (Å²) in [6.45, 7) is 0.0423. The van der Waals surface area contributed by atoms with Crippen molar-refractivity contribution in [1.82, 2.24) is 9.97 Å². The zero-order valence-corrected chi connectivity index (χ0v) is 17.6. The number of nitro benzene ring substituents is 2. The molecule has 0 unspecified atom stereocenters. The molecule has 0 bridgehead atoms. The molecule has 4 aromatic rings. The van der Waals surface area contributed by atoms with Gasteiger partial charge in [-0.15, -0.1) is 0 Å². The van der Waals surface area contributed by atoms with Crippen molar-refractivity contribution in [1.29, 1.82) is 0 Å². The molecule has 0 saturated carbocycles. The van der Waals surface area contributed by atoms with Gasteiger partial charge < -0.3 is 0 Å². The lowest BCUT2D eigenvalue weighted by atomic mass is 10.1. The van der Waals surface area contributed by atoms with Gasteiger partial charge in [0.1, 0.15) is 5.52 Å². The van der Waals surface area contributed by atoms with Gasteiger partial charge in [0.2, 0.25) is 0 Å². The van der Waals surface area contributed by atoms with Gasteiger partial charge in [-0.25, -0.2) is 4.98 Å². The number of thiazole rings is 1. The molecule has 10 nitrogen and oxygen atoms in total. The second kappa shape index (κ2) is 8.65. The lowest BCUT2D eigenvalue weighted by molar-refractivity contribution is -0.394. The smallest absolute Gasteiger partial charge is 0.277 e. The van der Waals surface area contributed by atoms with Crippen LogP contribution in [0.2, 0.25) is 5.02 Å². The Hall–Kier alpha value is -3.96. The minimum atomic E-state index is -0.785. The molecule has 0 aliphatic rings. The van der Waals surface area contributed by atoms with Gasteiger partial charge in [-0.2, -0.15) is 0 Å². The molecule has 0 atom stereocenters. The highest BCUT2D eigenvalue weighted by molar-refractivity contribution is 7.22. The monoisotopic (exact) mass is 469 g/mol. The third kappa shape index (κ3) is 4.24. The first-order valence-electron chi connectivity index (χ1n) is 9.03. The lowest BCUT2D eigenvalue weighted by Gasteiger charge is -2.20. The topological polar surface area (TPSA) is 132 Å². The molecule has 0 radical (unpaired) electrons. The third-order valence-corrected chi connectivity index (χ3v) is 5.82. The van der Waals surface area contributed by atoms with Crippen LogP contribution in [0, 0.1) is 20.2 Å². The summed E-state index contributed by atoms with van der Waals surface area (Å²) in [5.74, 6) is -0.684. The Bertz CT molecular complexity index is 1330. The predicted octanol–water partition coefficient (Wildman–Crippen LogP) is 5.01. The van der Waals surface area contributed by atoms with Gasteiger partial charge in [-0.05, 0) is 23.8 Å². The number of anilines is 1. The summed E-state index contributed by atoms with van der Waals surface area (Å²) in [5, 5.41) is 23.2. The molecule has 2 aromatic carbocycles. The number of carbonyl (C=O) groups excluding carboxylic acids is 1. The van der Waals surface area contributed by atoms with Gasteiger partial charge in [0.25, 0.3) is 17.3 Å². The van der Waals surface area contributed by atoms with Crippen molar-refractivity contribution in [2.75, 3.05) is 4.90 Å². The number of hydrogen-bond acceptors (Lipinski definition) is 8. The summed E-state index contributed by atoms with van der Waals surface area (Å²) in [4.78, 5) is 44.2. The number of benzene rings is 2. The van der Waals surface area contributed by atoms with Gasteiger partial charge >= 0.3 is 0 Å². The Labute approximate surface area is 189 Å². The minimum Gasteiger partial charge on any atom is -0.279 e. The summed E-state index contributed by atoms with van der Waals surface area (Å²) < 4.78 is 0.738. The molecule has 2 heterocycles. The van der Waals surface area contributed by atoms with Gasteiger partial charge in [-0.1, -0.05) is 35.1 Å². The normalized spacial score (nSPS) is 10.8. The van der Waals surface area contributed by atoms with E-state index in [4.69, 9.17) is 11.6 Å². The number of carbonyl (C=O) groups is 1. The largest absolute Gasteiger partial charge is 0.279 e. The van der Waals surface area contributed by atoms with E-state index < -0.39 is 27.1 Å². The average molecular weight is 470 g/mol. The van der Waals surface area contributed by atoms with E-state index in [0.717, 1.165) is 22.9 Å². The summed E-state index contributed by atoms with van der Waals surface area (Å²) in [6, 6.07) is 11.5. The van der Waals surface area contributed by atoms with Crippen LogP contribution < -0.4 is 4.90 Å². The molecule has 2 aromatic heterocycles. The highest BCUT2D eigenvalue weighted by Crippen LogP contribution is 2.34. The van der Waals surface area contributed by atoms with Crippen LogP contribution in [0.1, 0.15) is 15.9 Å². The zero-order valence-electron chi connectivity index (χ0n) is 16.0. The zero-order chi connectivity index (χ0) is 22.8. The van der Waals surface area contributed by atoms with Crippen LogP contribution in [-0.4, -0.2) is 25.7 Å². The Morgan fingerprint density at radius 1 is 1.06 bits per heavy atom. The van der Waals surface area contributed by atoms with Gasteiger partial charge in [0.05, 0.1) is 37.7 Å². The summed E-state index contributed by atoms with van der Waals surface area (Å²) in [5.41, 5.74) is -0.151. The number of aromatic nitrogens is 2. The maximum Gasteiger partial charge on any atom is 0.277 e. The Balaban J connectivity index is 1.84. The van der Waals surface area contributed by atoms with Crippen LogP contribution in [0.5, 0.6) is 0 Å². The first-order chi connectivity index (χ1) is 15.3. The number of hydrogen-bond donors (Lipinski definition) is 0. The number of rotatable bonds is 6. The maximum absolute atomic E-state index is 13.5. The fraction of sp³-hybridized carbons (Fsp3) is 0.0500. The van der Waals surface area contributed by atoms with Gasteiger partial charge in [0, 0.05) is 24.5 Å². The second-order valence-electron chi connectivity index (χ2n) is 6.59. The first kappa shape index (κ1) is 21.3. The van der Waals surface area contributed by atoms with Gasteiger partial charge in [0.15, 0.2) is 5.13 Å². The quantitative estimate of drug-likeness (QED) is 0.286. The fourth-order valence-electron chi connectivity index (χ4n) is 3.00. The summed E-state index contributed by atoms with van der Waals surface area (Å²) >= 11 is 7.43. The number of pyridine rings is 1. The number of halogens is 1. The summed E-state index contributed by atoms with van der Waals surface area (Å²) in [7, 11) is 0. The highest BCUT2D eigenvalue weighted by Gasteiger charge is 2.26. The van der Waals surface area contributed by atoms with Gasteiger partial charge in [-0.3, -0.25) is 34.9 Å². The van der Waals surface area contributed by atoms with E-state index in [9.17, 15) is 25.0 Å². The van der Waals surface area contributed by atoms with E-state index in [1.165, 1.54) is 16.2 Å². The molecule has 0 aliphatic carbocycles. The number of nitrogens with zero attached hydrogens (tertiary/aromatic N) is 5. The Kier molecular flexibility index (Phi) is 5.75. The number of para-hydroxylation sites is 1. The van der Waals surface area contributed by atoms with Crippen molar-refractivity contribution in [3.63, 3.8) is 0 Å². The van der Waals surface area contributed by atoms with Crippen LogP contribution in [-0.2, 0) is 6.54 Å². The van der Waals surface area contributed by atoms with Crippen LogP contribution in [0.15, 0.2) is 60.9 Å². The molecular formula is C20H12ClN5O5S. The number of non-ortho nitro benzene ring substituents is 2. The molecule has 0 saturated heterocycles. The maximum atomic E-state index is 13.5. The molecule has 160 valence electrons. The van der Waals surface area contributed by atoms with Crippen molar-refractivity contribution in [3.05, 3.63) is 97.3 Å². The molecule has 0 fully saturated rings. The van der Waals surface area contributed by atoms with Crippen molar-refractivity contribution >= 4 is 55.6 Å². The van der Waals surface area contributed by atoms with Crippen molar-refractivity contribution < 1.29 is 14.6 Å². The average Bonchev–Trinajstić information content (AvgIpc) is 3.23. The third-order valence-electron chi connectivity index (χ3n) is 4.47. The van der Waals surface area contributed by atoms with E-state index in [1.54, 1.807) is 42.7 Å². The first-order valence-corrected chi connectivity index (χ1v) is 10.2. The molecule has 1 amide bonds. The molecule has 0 spiro atoms. The molecule has 12 heteroatoms. The van der Waals surface area contributed by atoms with E-state index in [-0.39, 0.29) is 17.2 Å². The Morgan fingerprint density at radius 3 is 2.38 bits per heavy atom. The van der Waals surface area contributed by atoms with Crippen molar-refractivity contribution in [3.8, 4) is 0 Å². The second-order valence-corrected chi connectivity index (χ2v) is 8.00. The molecule has 4 rings (SSSR count). The van der Waals surface area contributed by atoms with Crippen molar-refractivity contribution in [2.24, 2.45) is 0 Å². The number of fused-ring (bicyclic) bond motifs is 1. The van der Waals surface area contributed by atoms with Crippen LogP contribution in [0.25, 0.3) is 10.2 Å². The standard InChI is InChI=1S/C20H12ClN5O5S/c21-16-4-1-5-17-18(16)23-20(32-17)24(11-12-3-2-6-22-10-12)19(27)13-7-14(25(28)29)9-15(8-13)26(30)31/h1-10H,11H2. The Morgan fingerprint density at radius 2 is 1.78 bits per heavy atom. The van der Waals surface area contributed by atoms with Crippen LogP contribution in [0.4, 0.5) is 16.5 Å². The van der Waals surface area contributed by atoms with E-state index in [1.807, 2.05) is 0 Å². The number of nitro groups is 2. The lowest BCUT2D eigenvalue weighted by Crippen LogP contribution is -2.30. The predicted molar refractivity (Wildman–Crippen MR) is 119 cm³/mol. The van der Waals surface area contributed by atoms with E-state index >= 15 is 0 Å².